The third-order valence-electron chi connectivity index (χ3n) is 5.82. The van der Waals surface area contributed by atoms with Gasteiger partial charge in [0.1, 0.15) is 22.7 Å². The maximum Gasteiger partial charge on any atom is 0.387 e. The molecule has 1 aromatic heterocycles. The Hall–Kier alpha value is -3.43. The number of carbonyl (C=O) groups is 2. The fourth-order valence-corrected chi connectivity index (χ4v) is 4.18. The molecule has 1 fully saturated rings. The number of esters is 1. The molecule has 200 valence electrons. The van der Waals surface area contributed by atoms with Crippen molar-refractivity contribution in [2.75, 3.05) is 13.2 Å². The van der Waals surface area contributed by atoms with E-state index in [1.165, 1.54) is 30.6 Å². The Kier molecular flexibility index (Phi) is 9.36. The summed E-state index contributed by atoms with van der Waals surface area (Å²) in [6.07, 6.45) is 4.21. The highest BCUT2D eigenvalue weighted by Crippen LogP contribution is 2.37. The van der Waals surface area contributed by atoms with Crippen molar-refractivity contribution in [2.24, 2.45) is 5.92 Å². The van der Waals surface area contributed by atoms with Gasteiger partial charge in [0, 0.05) is 17.5 Å². The van der Waals surface area contributed by atoms with Crippen LogP contribution >= 0.6 is 23.2 Å². The Balaban J connectivity index is 1.56. The molecule has 2 N–H and O–H groups in total. The summed E-state index contributed by atoms with van der Waals surface area (Å²) in [5.74, 6) is -0.824. The molecule has 4 rings (SSSR count). The number of nitrogens with one attached hydrogen (secondary N) is 2. The number of alkyl halides is 2. The summed E-state index contributed by atoms with van der Waals surface area (Å²) in [5.41, 5.74) is 1.34. The molecule has 0 unspecified atom stereocenters. The van der Waals surface area contributed by atoms with Gasteiger partial charge in [0.25, 0.3) is 5.91 Å². The fraction of sp³-hybridized carbons (Fsp3) is 0.296. The zero-order valence-corrected chi connectivity index (χ0v) is 21.6. The Bertz CT molecular complexity index is 1260. The van der Waals surface area contributed by atoms with Crippen molar-refractivity contribution in [1.29, 1.82) is 0 Å². The highest BCUT2D eigenvalue weighted by atomic mass is 35.5. The van der Waals surface area contributed by atoms with Crippen LogP contribution < -0.4 is 19.8 Å². The number of benzene rings is 2. The lowest BCUT2D eigenvalue weighted by molar-refractivity contribution is -0.377. The van der Waals surface area contributed by atoms with Gasteiger partial charge in [0.05, 0.1) is 6.61 Å². The van der Waals surface area contributed by atoms with E-state index >= 15 is 0 Å². The Morgan fingerprint density at radius 3 is 2.39 bits per heavy atom. The van der Waals surface area contributed by atoms with Gasteiger partial charge in [-0.05, 0) is 48.6 Å². The molecule has 1 atom stereocenters. The minimum absolute atomic E-state index is 0.0713. The molecule has 7 nitrogen and oxygen atoms in total. The van der Waals surface area contributed by atoms with E-state index in [-0.39, 0.29) is 17.9 Å². The monoisotopic (exact) mass is 565 g/mol. The summed E-state index contributed by atoms with van der Waals surface area (Å²) < 4.78 is 42.1. The number of aromatic nitrogens is 1. The molecule has 3 aromatic rings. The lowest BCUT2D eigenvalue weighted by atomic mass is 10.0. The maximum atomic E-state index is 13.0. The van der Waals surface area contributed by atoms with Crippen LogP contribution in [0.2, 0.25) is 10.0 Å². The summed E-state index contributed by atoms with van der Waals surface area (Å²) in [7, 11) is 0. The van der Waals surface area contributed by atoms with E-state index in [4.69, 9.17) is 32.7 Å². The van der Waals surface area contributed by atoms with E-state index < -0.39 is 31.1 Å². The predicted octanol–water partition coefficient (Wildman–Crippen LogP) is 5.45. The summed E-state index contributed by atoms with van der Waals surface area (Å²) in [5, 5.41) is 3.16. The number of halogens is 4. The van der Waals surface area contributed by atoms with E-state index in [0.717, 1.165) is 12.8 Å². The maximum absolute atomic E-state index is 13.0. The molecule has 0 bridgehead atoms. The minimum atomic E-state index is -3.04. The summed E-state index contributed by atoms with van der Waals surface area (Å²) in [4.78, 5) is 27.9. The molecule has 38 heavy (non-hydrogen) atoms. The van der Waals surface area contributed by atoms with Gasteiger partial charge in [0.2, 0.25) is 0 Å². The SMILES string of the molecule is O=C(CNC(=O)c1ccccc1)O[C@@H](Cc1c(Cl)c[nH+]cc1Cl)c1ccc(OC(F)F)c(OCC2CC2)c1. The molecule has 1 amide bonds. The second kappa shape index (κ2) is 12.9. The zero-order valence-electron chi connectivity index (χ0n) is 20.1. The Labute approximate surface area is 228 Å². The molecule has 0 radical (unpaired) electrons. The average molecular weight is 566 g/mol. The van der Waals surface area contributed by atoms with Crippen LogP contribution in [-0.2, 0) is 16.0 Å². The largest absolute Gasteiger partial charge is 0.489 e. The fourth-order valence-electron chi connectivity index (χ4n) is 3.65. The lowest BCUT2D eigenvalue weighted by Crippen LogP contribution is -2.31. The zero-order chi connectivity index (χ0) is 27.1. The normalized spacial score (nSPS) is 13.6. The van der Waals surface area contributed by atoms with Crippen LogP contribution in [0, 0.1) is 5.92 Å². The molecule has 2 aromatic carbocycles. The number of aromatic amines is 1. The van der Waals surface area contributed by atoms with Gasteiger partial charge >= 0.3 is 12.6 Å². The van der Waals surface area contributed by atoms with Gasteiger partial charge < -0.3 is 19.5 Å². The summed E-state index contributed by atoms with van der Waals surface area (Å²) in [6.45, 7) is -3.08. The minimum Gasteiger partial charge on any atom is -0.489 e. The number of hydrogen-bond donors (Lipinski definition) is 1. The molecule has 0 saturated heterocycles. The first kappa shape index (κ1) is 27.6. The van der Waals surface area contributed by atoms with Crippen molar-refractivity contribution in [3.05, 3.63) is 87.7 Å². The van der Waals surface area contributed by atoms with Crippen LogP contribution in [0.3, 0.4) is 0 Å². The van der Waals surface area contributed by atoms with Gasteiger partial charge in [-0.2, -0.15) is 8.78 Å². The molecular formula is C27H25Cl2F2N2O5+. The molecule has 1 aliphatic rings. The van der Waals surface area contributed by atoms with Crippen LogP contribution in [-0.4, -0.2) is 31.6 Å². The number of amides is 1. The van der Waals surface area contributed by atoms with E-state index in [1.807, 2.05) is 0 Å². The first-order valence-corrected chi connectivity index (χ1v) is 12.6. The number of hydrogen-bond acceptors (Lipinski definition) is 5. The van der Waals surface area contributed by atoms with Crippen LogP contribution in [0.25, 0.3) is 0 Å². The van der Waals surface area contributed by atoms with Gasteiger partial charge in [-0.15, -0.1) is 0 Å². The number of pyridine rings is 1. The summed E-state index contributed by atoms with van der Waals surface area (Å²) in [6, 6.07) is 12.8. The van der Waals surface area contributed by atoms with Gasteiger partial charge in [-0.1, -0.05) is 47.5 Å². The molecule has 0 aliphatic heterocycles. The van der Waals surface area contributed by atoms with Crippen molar-refractivity contribution >= 4 is 35.1 Å². The van der Waals surface area contributed by atoms with E-state index in [1.54, 1.807) is 30.3 Å². The van der Waals surface area contributed by atoms with Crippen molar-refractivity contribution in [3.63, 3.8) is 0 Å². The second-order valence-electron chi connectivity index (χ2n) is 8.70. The van der Waals surface area contributed by atoms with Crippen molar-refractivity contribution in [3.8, 4) is 11.5 Å². The number of H-pyrrole nitrogens is 1. The van der Waals surface area contributed by atoms with Gasteiger partial charge in [-0.3, -0.25) is 9.59 Å². The third kappa shape index (κ3) is 7.79. The predicted molar refractivity (Wildman–Crippen MR) is 136 cm³/mol. The van der Waals surface area contributed by atoms with Crippen LogP contribution in [0.4, 0.5) is 8.78 Å². The first-order chi connectivity index (χ1) is 18.3. The highest BCUT2D eigenvalue weighted by molar-refractivity contribution is 6.35. The van der Waals surface area contributed by atoms with Crippen LogP contribution in [0.15, 0.2) is 60.9 Å². The van der Waals surface area contributed by atoms with E-state index in [2.05, 4.69) is 15.0 Å². The smallest absolute Gasteiger partial charge is 0.387 e. The van der Waals surface area contributed by atoms with Crippen molar-refractivity contribution < 1.29 is 37.6 Å². The van der Waals surface area contributed by atoms with Gasteiger partial charge in [-0.25, -0.2) is 4.98 Å². The summed E-state index contributed by atoms with van der Waals surface area (Å²) >= 11 is 12.7. The quantitative estimate of drug-likeness (QED) is 0.295. The Morgan fingerprint density at radius 1 is 1.03 bits per heavy atom. The van der Waals surface area contributed by atoms with Crippen molar-refractivity contribution in [1.82, 2.24) is 5.32 Å². The molecule has 1 aliphatic carbocycles. The average Bonchev–Trinajstić information content (AvgIpc) is 3.73. The molecule has 1 saturated carbocycles. The molecule has 1 heterocycles. The number of ether oxygens (including phenoxy) is 3. The van der Waals surface area contributed by atoms with Crippen molar-refractivity contribution in [2.45, 2.75) is 32.0 Å². The standard InChI is InChI=1S/C27H24Cl2F2N2O5/c28-20-12-32-13-21(29)19(20)11-23(37-25(34)14-33-26(35)17-4-2-1-3-5-17)18-8-9-22(38-27(30)31)24(10-18)36-15-16-6-7-16/h1-5,8-10,12-13,16,23,27H,6-7,11,14-15H2,(H,33,35)/p+1/t23-/m0/s1. The Morgan fingerprint density at radius 2 is 1.74 bits per heavy atom. The highest BCUT2D eigenvalue weighted by Gasteiger charge is 2.26. The first-order valence-electron chi connectivity index (χ1n) is 11.9. The third-order valence-corrected chi connectivity index (χ3v) is 6.49. The molecule has 0 spiro atoms. The lowest BCUT2D eigenvalue weighted by Gasteiger charge is -2.21. The van der Waals surface area contributed by atoms with Gasteiger partial charge in [0.15, 0.2) is 23.9 Å². The topological polar surface area (TPSA) is 88.0 Å². The molecule has 11 heteroatoms. The number of rotatable bonds is 12. The van der Waals surface area contributed by atoms with E-state index in [9.17, 15) is 18.4 Å². The van der Waals surface area contributed by atoms with Crippen LogP contribution in [0.1, 0.15) is 40.4 Å². The van der Waals surface area contributed by atoms with E-state index in [0.29, 0.717) is 39.3 Å². The van der Waals surface area contributed by atoms with Crippen LogP contribution in [0.5, 0.6) is 11.5 Å². The second-order valence-corrected chi connectivity index (χ2v) is 9.51. The number of carbonyl (C=O) groups excluding carboxylic acids is 2. The molecular weight excluding hydrogens is 541 g/mol.